The Bertz CT molecular complexity index is 820. The average Bonchev–Trinajstić information content (AvgIpc) is 2.94. The topological polar surface area (TPSA) is 56.5 Å². The average molecular weight is 380 g/mol. The highest BCUT2D eigenvalue weighted by Crippen LogP contribution is 2.26. The van der Waals surface area contributed by atoms with E-state index < -0.39 is 13.0 Å². The van der Waals surface area contributed by atoms with Crippen LogP contribution in [0.3, 0.4) is 0 Å². The summed E-state index contributed by atoms with van der Waals surface area (Å²) in [5.41, 5.74) is 2.20. The maximum absolute atomic E-state index is 12.8. The highest BCUT2D eigenvalue weighted by molar-refractivity contribution is 9.10. The van der Waals surface area contributed by atoms with E-state index in [0.29, 0.717) is 11.5 Å². The molecule has 0 aliphatic rings. The molecule has 5 nitrogen and oxygen atoms in total. The van der Waals surface area contributed by atoms with Crippen LogP contribution in [0.5, 0.6) is 0 Å². The first-order chi connectivity index (χ1) is 11.0. The number of aromatic nitrogens is 5. The van der Waals surface area contributed by atoms with Crippen molar-refractivity contribution >= 4 is 15.9 Å². The van der Waals surface area contributed by atoms with Gasteiger partial charge in [0.25, 0.3) is 6.43 Å². The second kappa shape index (κ2) is 6.49. The van der Waals surface area contributed by atoms with Crippen LogP contribution in [0.15, 0.2) is 41.0 Å². The van der Waals surface area contributed by atoms with Crippen LogP contribution < -0.4 is 0 Å². The highest BCUT2D eigenvalue weighted by Gasteiger charge is 2.18. The largest absolute Gasteiger partial charge is 0.258 e. The van der Waals surface area contributed by atoms with Crippen molar-refractivity contribution in [3.8, 4) is 22.9 Å². The van der Waals surface area contributed by atoms with Gasteiger partial charge in [0, 0.05) is 16.2 Å². The Morgan fingerprint density at radius 2 is 2.09 bits per heavy atom. The summed E-state index contributed by atoms with van der Waals surface area (Å²) in [5.74, 6) is 0.636. The van der Waals surface area contributed by atoms with Gasteiger partial charge in [0.05, 0.1) is 0 Å². The molecule has 0 saturated heterocycles. The number of hydrogen-bond acceptors (Lipinski definition) is 4. The third kappa shape index (κ3) is 3.42. The fourth-order valence-corrected chi connectivity index (χ4v) is 2.44. The minimum absolute atomic E-state index is 0.269. The van der Waals surface area contributed by atoms with Gasteiger partial charge in [0.2, 0.25) is 0 Å². The van der Waals surface area contributed by atoms with E-state index in [4.69, 9.17) is 0 Å². The SMILES string of the molecule is Cc1ccc(-c2nc(-c3cccnn3)n(CC(F)F)n2)cc1Br. The molecule has 8 heteroatoms. The van der Waals surface area contributed by atoms with E-state index in [2.05, 4.69) is 36.2 Å². The molecule has 2 aromatic heterocycles. The molecule has 0 aliphatic heterocycles. The van der Waals surface area contributed by atoms with Crippen LogP contribution >= 0.6 is 15.9 Å². The van der Waals surface area contributed by atoms with Crippen LogP contribution in [-0.4, -0.2) is 31.4 Å². The molecule has 0 fully saturated rings. The van der Waals surface area contributed by atoms with Gasteiger partial charge in [-0.15, -0.1) is 5.10 Å². The van der Waals surface area contributed by atoms with Gasteiger partial charge in [0.1, 0.15) is 12.2 Å². The van der Waals surface area contributed by atoms with Gasteiger partial charge in [-0.25, -0.2) is 18.4 Å². The molecule has 3 rings (SSSR count). The summed E-state index contributed by atoms with van der Waals surface area (Å²) in [6.07, 6.45) is -1.03. The van der Waals surface area contributed by atoms with Crippen molar-refractivity contribution in [3.05, 3.63) is 46.6 Å². The number of hydrogen-bond donors (Lipinski definition) is 0. The van der Waals surface area contributed by atoms with Crippen LogP contribution in [0, 0.1) is 6.92 Å². The fourth-order valence-electron chi connectivity index (χ4n) is 2.06. The Kier molecular flexibility index (Phi) is 4.42. The summed E-state index contributed by atoms with van der Waals surface area (Å²) in [6.45, 7) is 1.41. The molecule has 118 valence electrons. The molecule has 3 aromatic rings. The molecule has 23 heavy (non-hydrogen) atoms. The lowest BCUT2D eigenvalue weighted by atomic mass is 10.1. The standard InChI is InChI=1S/C15H12BrF2N5/c1-9-4-5-10(7-11(9)16)14-20-15(12-3-2-6-19-21-12)23(22-14)8-13(17)18/h2-7,13H,8H2,1H3. The minimum Gasteiger partial charge on any atom is -0.238 e. The molecule has 0 spiro atoms. The van der Waals surface area contributed by atoms with Crippen LogP contribution in [0.2, 0.25) is 0 Å². The smallest absolute Gasteiger partial charge is 0.238 e. The zero-order chi connectivity index (χ0) is 16.4. The number of nitrogens with zero attached hydrogens (tertiary/aromatic N) is 5. The molecule has 0 bridgehead atoms. The third-order valence-electron chi connectivity index (χ3n) is 3.21. The summed E-state index contributed by atoms with van der Waals surface area (Å²) in [6, 6.07) is 8.95. The molecule has 0 amide bonds. The predicted octanol–water partition coefficient (Wildman–Crippen LogP) is 3.74. The van der Waals surface area contributed by atoms with Gasteiger partial charge in [0.15, 0.2) is 11.6 Å². The lowest BCUT2D eigenvalue weighted by Crippen LogP contribution is -2.10. The van der Waals surface area contributed by atoms with Gasteiger partial charge in [-0.2, -0.15) is 10.2 Å². The van der Waals surface area contributed by atoms with Crippen molar-refractivity contribution in [2.24, 2.45) is 0 Å². The molecule has 1 aromatic carbocycles. The lowest BCUT2D eigenvalue weighted by Gasteiger charge is -2.03. The Morgan fingerprint density at radius 3 is 2.74 bits per heavy atom. The molecule has 0 radical (unpaired) electrons. The zero-order valence-electron chi connectivity index (χ0n) is 12.1. The molecule has 2 heterocycles. The second-order valence-corrected chi connectivity index (χ2v) is 5.76. The molecule has 0 N–H and O–H groups in total. The summed E-state index contributed by atoms with van der Waals surface area (Å²) in [5, 5.41) is 11.9. The number of benzene rings is 1. The van der Waals surface area contributed by atoms with Crippen molar-refractivity contribution in [2.45, 2.75) is 19.9 Å². The fraction of sp³-hybridized carbons (Fsp3) is 0.200. The van der Waals surface area contributed by atoms with E-state index in [0.717, 1.165) is 20.3 Å². The quantitative estimate of drug-likeness (QED) is 0.692. The second-order valence-electron chi connectivity index (χ2n) is 4.91. The number of alkyl halides is 2. The summed E-state index contributed by atoms with van der Waals surface area (Å²) >= 11 is 3.45. The maximum atomic E-state index is 12.8. The van der Waals surface area contributed by atoms with Crippen molar-refractivity contribution in [3.63, 3.8) is 0 Å². The van der Waals surface area contributed by atoms with Crippen molar-refractivity contribution in [1.29, 1.82) is 0 Å². The Hall–Kier alpha value is -2.22. The summed E-state index contributed by atoms with van der Waals surface area (Å²) in [7, 11) is 0. The van der Waals surface area contributed by atoms with Crippen LogP contribution in [0.1, 0.15) is 5.56 Å². The molecular weight excluding hydrogens is 368 g/mol. The van der Waals surface area contributed by atoms with Gasteiger partial charge in [-0.3, -0.25) is 0 Å². The Morgan fingerprint density at radius 1 is 1.26 bits per heavy atom. The number of halogens is 3. The number of rotatable bonds is 4. The summed E-state index contributed by atoms with van der Waals surface area (Å²) in [4.78, 5) is 4.37. The van der Waals surface area contributed by atoms with E-state index in [1.54, 1.807) is 12.1 Å². The van der Waals surface area contributed by atoms with Gasteiger partial charge < -0.3 is 0 Å². The van der Waals surface area contributed by atoms with Gasteiger partial charge in [-0.05, 0) is 30.7 Å². The van der Waals surface area contributed by atoms with Crippen molar-refractivity contribution < 1.29 is 8.78 Å². The highest BCUT2D eigenvalue weighted by atomic mass is 79.9. The molecule has 0 atom stereocenters. The molecular formula is C15H12BrF2N5. The Labute approximate surface area is 139 Å². The van der Waals surface area contributed by atoms with Gasteiger partial charge in [-0.1, -0.05) is 28.1 Å². The zero-order valence-corrected chi connectivity index (χ0v) is 13.7. The van der Waals surface area contributed by atoms with E-state index >= 15 is 0 Å². The molecule has 0 unspecified atom stereocenters. The van der Waals surface area contributed by atoms with Crippen LogP contribution in [0.25, 0.3) is 22.9 Å². The van der Waals surface area contributed by atoms with E-state index in [1.807, 2.05) is 25.1 Å². The predicted molar refractivity (Wildman–Crippen MR) is 84.9 cm³/mol. The minimum atomic E-state index is -2.54. The maximum Gasteiger partial charge on any atom is 0.258 e. The first-order valence-electron chi connectivity index (χ1n) is 6.82. The monoisotopic (exact) mass is 379 g/mol. The Balaban J connectivity index is 2.09. The number of aryl methyl sites for hydroxylation is 1. The summed E-state index contributed by atoms with van der Waals surface area (Å²) < 4.78 is 27.7. The van der Waals surface area contributed by atoms with E-state index in [1.165, 1.54) is 6.20 Å². The molecule has 0 aliphatic carbocycles. The molecule has 0 saturated carbocycles. The van der Waals surface area contributed by atoms with Crippen LogP contribution in [-0.2, 0) is 6.54 Å². The van der Waals surface area contributed by atoms with Crippen molar-refractivity contribution in [2.75, 3.05) is 0 Å². The van der Waals surface area contributed by atoms with E-state index in [-0.39, 0.29) is 5.82 Å². The van der Waals surface area contributed by atoms with Crippen molar-refractivity contribution in [1.82, 2.24) is 25.0 Å². The van der Waals surface area contributed by atoms with E-state index in [9.17, 15) is 8.78 Å². The first kappa shape index (κ1) is 15.7. The van der Waals surface area contributed by atoms with Crippen LogP contribution in [0.4, 0.5) is 8.78 Å². The van der Waals surface area contributed by atoms with Gasteiger partial charge >= 0.3 is 0 Å². The lowest BCUT2D eigenvalue weighted by molar-refractivity contribution is 0.122. The third-order valence-corrected chi connectivity index (χ3v) is 4.07. The first-order valence-corrected chi connectivity index (χ1v) is 7.61. The normalized spacial score (nSPS) is 11.2.